The van der Waals surface area contributed by atoms with E-state index in [-0.39, 0.29) is 16.3 Å². The molecule has 1 amide bonds. The largest absolute Gasteiger partial charge is 0.370 e. The number of pyridine rings is 1. The van der Waals surface area contributed by atoms with Crippen molar-refractivity contribution in [3.05, 3.63) is 52.7 Å². The zero-order valence-corrected chi connectivity index (χ0v) is 11.8. The van der Waals surface area contributed by atoms with E-state index in [2.05, 4.69) is 15.6 Å². The molecule has 0 saturated carbocycles. The number of anilines is 2. The van der Waals surface area contributed by atoms with Gasteiger partial charge in [0, 0.05) is 18.8 Å². The van der Waals surface area contributed by atoms with Crippen molar-refractivity contribution < 1.29 is 13.6 Å². The Morgan fingerprint density at radius 1 is 1.33 bits per heavy atom. The second kappa shape index (κ2) is 6.49. The highest BCUT2D eigenvalue weighted by atomic mass is 35.5. The lowest BCUT2D eigenvalue weighted by molar-refractivity contribution is 0.102. The molecule has 110 valence electrons. The number of aromatic nitrogens is 1. The SMILES string of the molecule is CCNc1cc(C(=O)Nc2ccc(F)cc2F)c(Cl)cn1. The second-order valence-corrected chi connectivity index (χ2v) is 4.57. The fraction of sp³-hybridized carbons (Fsp3) is 0.143. The molecule has 0 aliphatic carbocycles. The van der Waals surface area contributed by atoms with Gasteiger partial charge in [0.25, 0.3) is 5.91 Å². The maximum atomic E-state index is 13.5. The van der Waals surface area contributed by atoms with Crippen LogP contribution < -0.4 is 10.6 Å². The minimum absolute atomic E-state index is 0.126. The molecule has 0 spiro atoms. The molecule has 2 rings (SSSR count). The number of amides is 1. The average Bonchev–Trinajstić information content (AvgIpc) is 2.44. The van der Waals surface area contributed by atoms with Crippen LogP contribution >= 0.6 is 11.6 Å². The fourth-order valence-electron chi connectivity index (χ4n) is 1.67. The summed E-state index contributed by atoms with van der Waals surface area (Å²) in [4.78, 5) is 16.1. The van der Waals surface area contributed by atoms with Crippen molar-refractivity contribution in [1.29, 1.82) is 0 Å². The Morgan fingerprint density at radius 2 is 2.10 bits per heavy atom. The predicted molar refractivity (Wildman–Crippen MR) is 77.7 cm³/mol. The lowest BCUT2D eigenvalue weighted by Gasteiger charge is -2.09. The fourth-order valence-corrected chi connectivity index (χ4v) is 1.86. The number of nitrogens with zero attached hydrogens (tertiary/aromatic N) is 1. The molecule has 0 aliphatic heterocycles. The van der Waals surface area contributed by atoms with Crippen LogP contribution in [-0.4, -0.2) is 17.4 Å². The highest BCUT2D eigenvalue weighted by Crippen LogP contribution is 2.21. The molecule has 0 radical (unpaired) electrons. The van der Waals surface area contributed by atoms with Gasteiger partial charge in [-0.1, -0.05) is 11.6 Å². The Morgan fingerprint density at radius 3 is 2.76 bits per heavy atom. The number of hydrogen-bond acceptors (Lipinski definition) is 3. The lowest BCUT2D eigenvalue weighted by atomic mass is 10.2. The smallest absolute Gasteiger partial charge is 0.257 e. The van der Waals surface area contributed by atoms with E-state index in [1.54, 1.807) is 0 Å². The number of halogens is 3. The Kier molecular flexibility index (Phi) is 4.70. The van der Waals surface area contributed by atoms with Gasteiger partial charge in [-0.05, 0) is 25.1 Å². The molecule has 1 aromatic heterocycles. The van der Waals surface area contributed by atoms with Crippen molar-refractivity contribution in [3.8, 4) is 0 Å². The van der Waals surface area contributed by atoms with E-state index >= 15 is 0 Å². The molecule has 0 atom stereocenters. The normalized spacial score (nSPS) is 10.3. The van der Waals surface area contributed by atoms with E-state index < -0.39 is 17.5 Å². The van der Waals surface area contributed by atoms with E-state index in [1.807, 2.05) is 6.92 Å². The van der Waals surface area contributed by atoms with Crippen LogP contribution in [0.5, 0.6) is 0 Å². The van der Waals surface area contributed by atoms with Gasteiger partial charge >= 0.3 is 0 Å². The Hall–Kier alpha value is -2.21. The van der Waals surface area contributed by atoms with Gasteiger partial charge in [-0.15, -0.1) is 0 Å². The lowest BCUT2D eigenvalue weighted by Crippen LogP contribution is -2.14. The van der Waals surface area contributed by atoms with Crippen molar-refractivity contribution >= 4 is 29.0 Å². The van der Waals surface area contributed by atoms with Crippen LogP contribution in [-0.2, 0) is 0 Å². The number of benzene rings is 1. The molecule has 7 heteroatoms. The summed E-state index contributed by atoms with van der Waals surface area (Å²) in [6.45, 7) is 2.51. The molecule has 0 aliphatic rings. The van der Waals surface area contributed by atoms with E-state index in [9.17, 15) is 13.6 Å². The van der Waals surface area contributed by atoms with Crippen LogP contribution in [0.2, 0.25) is 5.02 Å². The minimum atomic E-state index is -0.861. The van der Waals surface area contributed by atoms with Gasteiger partial charge < -0.3 is 10.6 Å². The molecular formula is C14H12ClF2N3O. The molecule has 1 heterocycles. The molecule has 1 aromatic carbocycles. The van der Waals surface area contributed by atoms with E-state index in [4.69, 9.17) is 11.6 Å². The van der Waals surface area contributed by atoms with Gasteiger partial charge in [0.2, 0.25) is 0 Å². The summed E-state index contributed by atoms with van der Waals surface area (Å²) in [7, 11) is 0. The van der Waals surface area contributed by atoms with Crippen LogP contribution in [0, 0.1) is 11.6 Å². The molecule has 0 bridgehead atoms. The standard InChI is InChI=1S/C14H12ClF2N3O/c1-2-18-13-6-9(10(15)7-19-13)14(21)20-12-4-3-8(16)5-11(12)17/h3-7H,2H2,1H3,(H,18,19)(H,20,21). The highest BCUT2D eigenvalue weighted by molar-refractivity contribution is 6.34. The second-order valence-electron chi connectivity index (χ2n) is 4.16. The number of rotatable bonds is 4. The molecule has 0 unspecified atom stereocenters. The average molecular weight is 312 g/mol. The van der Waals surface area contributed by atoms with Gasteiger partial charge in [0.1, 0.15) is 17.5 Å². The van der Waals surface area contributed by atoms with Gasteiger partial charge in [0.15, 0.2) is 0 Å². The third-order valence-electron chi connectivity index (χ3n) is 2.64. The zero-order chi connectivity index (χ0) is 15.4. The Labute approximate surface area is 125 Å². The van der Waals surface area contributed by atoms with Gasteiger partial charge in [0.05, 0.1) is 16.3 Å². The first-order valence-electron chi connectivity index (χ1n) is 6.17. The van der Waals surface area contributed by atoms with Crippen LogP contribution in [0.4, 0.5) is 20.3 Å². The summed E-state index contributed by atoms with van der Waals surface area (Å²) in [6.07, 6.45) is 1.33. The van der Waals surface area contributed by atoms with Crippen LogP contribution in [0.3, 0.4) is 0 Å². The van der Waals surface area contributed by atoms with Crippen LogP contribution in [0.15, 0.2) is 30.5 Å². The third-order valence-corrected chi connectivity index (χ3v) is 2.94. The van der Waals surface area contributed by atoms with Crippen molar-refractivity contribution in [2.75, 3.05) is 17.2 Å². The monoisotopic (exact) mass is 311 g/mol. The molecule has 4 nitrogen and oxygen atoms in total. The van der Waals surface area contributed by atoms with Crippen LogP contribution in [0.25, 0.3) is 0 Å². The third kappa shape index (κ3) is 3.66. The summed E-state index contributed by atoms with van der Waals surface area (Å²) in [5.74, 6) is -1.71. The summed E-state index contributed by atoms with van der Waals surface area (Å²) in [6, 6.07) is 4.34. The summed E-state index contributed by atoms with van der Waals surface area (Å²) in [5.41, 5.74) is 0.0191. The maximum absolute atomic E-state index is 13.5. The van der Waals surface area contributed by atoms with E-state index in [0.29, 0.717) is 18.4 Å². The molecule has 2 N–H and O–H groups in total. The van der Waals surface area contributed by atoms with Gasteiger partial charge in [-0.3, -0.25) is 4.79 Å². The predicted octanol–water partition coefficient (Wildman–Crippen LogP) is 3.70. The molecule has 0 saturated heterocycles. The first-order valence-corrected chi connectivity index (χ1v) is 6.55. The van der Waals surface area contributed by atoms with Crippen molar-refractivity contribution in [3.63, 3.8) is 0 Å². The highest BCUT2D eigenvalue weighted by Gasteiger charge is 2.14. The zero-order valence-electron chi connectivity index (χ0n) is 11.1. The first kappa shape index (κ1) is 15.2. The quantitative estimate of drug-likeness (QED) is 0.905. The Bertz CT molecular complexity index is 679. The maximum Gasteiger partial charge on any atom is 0.257 e. The Balaban J connectivity index is 2.25. The number of nitrogens with one attached hydrogen (secondary N) is 2. The number of carbonyl (C=O) groups excluding carboxylic acids is 1. The summed E-state index contributed by atoms with van der Waals surface area (Å²) in [5, 5.41) is 5.42. The van der Waals surface area contributed by atoms with Gasteiger partial charge in [-0.2, -0.15) is 0 Å². The molecule has 0 fully saturated rings. The van der Waals surface area contributed by atoms with Crippen molar-refractivity contribution in [2.24, 2.45) is 0 Å². The molecular weight excluding hydrogens is 300 g/mol. The van der Waals surface area contributed by atoms with Crippen LogP contribution in [0.1, 0.15) is 17.3 Å². The minimum Gasteiger partial charge on any atom is -0.370 e. The first-order chi connectivity index (χ1) is 10.0. The van der Waals surface area contributed by atoms with Crippen molar-refractivity contribution in [2.45, 2.75) is 6.92 Å². The summed E-state index contributed by atoms with van der Waals surface area (Å²) >= 11 is 5.92. The number of carbonyl (C=O) groups is 1. The van der Waals surface area contributed by atoms with Gasteiger partial charge in [-0.25, -0.2) is 13.8 Å². The molecule has 2 aromatic rings. The molecule has 21 heavy (non-hydrogen) atoms. The summed E-state index contributed by atoms with van der Waals surface area (Å²) < 4.78 is 26.3. The van der Waals surface area contributed by atoms with E-state index in [0.717, 1.165) is 12.1 Å². The van der Waals surface area contributed by atoms with Crippen molar-refractivity contribution in [1.82, 2.24) is 4.98 Å². The topological polar surface area (TPSA) is 54.0 Å². The van der Waals surface area contributed by atoms with E-state index in [1.165, 1.54) is 12.3 Å². The number of hydrogen-bond donors (Lipinski definition) is 2.